The van der Waals surface area contributed by atoms with Crippen molar-refractivity contribution >= 4 is 34.6 Å². The molecule has 1 saturated heterocycles. The summed E-state index contributed by atoms with van der Waals surface area (Å²) in [6, 6.07) is 9.97. The molecule has 2 aromatic rings. The van der Waals surface area contributed by atoms with Crippen molar-refractivity contribution < 1.29 is 4.74 Å². The highest BCUT2D eigenvalue weighted by Crippen LogP contribution is 2.21. The van der Waals surface area contributed by atoms with E-state index in [0.29, 0.717) is 6.61 Å². The average Bonchev–Trinajstić information content (AvgIpc) is 2.94. The van der Waals surface area contributed by atoms with Crippen LogP contribution in [0.4, 0.5) is 5.69 Å². The molecule has 1 unspecified atom stereocenters. The van der Waals surface area contributed by atoms with E-state index in [1.165, 1.54) is 0 Å². The number of hydrogen-bond donors (Lipinski definition) is 0. The summed E-state index contributed by atoms with van der Waals surface area (Å²) in [5.41, 5.74) is 0.932. The van der Waals surface area contributed by atoms with Crippen LogP contribution in [-0.4, -0.2) is 34.6 Å². The van der Waals surface area contributed by atoms with Crippen LogP contribution in [0.25, 0.3) is 0 Å². The number of thiazole rings is 1. The number of aliphatic imine (C=N–C) groups is 1. The lowest BCUT2D eigenvalue weighted by Gasteiger charge is -2.21. The van der Waals surface area contributed by atoms with Crippen LogP contribution in [0, 0.1) is 0 Å². The zero-order chi connectivity index (χ0) is 14.5. The Morgan fingerprint density at radius 1 is 1.33 bits per heavy atom. The van der Waals surface area contributed by atoms with Gasteiger partial charge in [0, 0.05) is 24.4 Å². The van der Waals surface area contributed by atoms with Crippen LogP contribution in [0.15, 0.2) is 51.9 Å². The fourth-order valence-electron chi connectivity index (χ4n) is 1.97. The Balaban J connectivity index is 1.99. The maximum absolute atomic E-state index is 5.59. The van der Waals surface area contributed by atoms with Gasteiger partial charge in [0.15, 0.2) is 4.80 Å². The third kappa shape index (κ3) is 3.84. The summed E-state index contributed by atoms with van der Waals surface area (Å²) < 4.78 is 7.60. The lowest BCUT2D eigenvalue weighted by atomic mass is 10.3. The fourth-order valence-corrected chi connectivity index (χ4v) is 3.66. The number of rotatable bonds is 2. The minimum absolute atomic E-state index is 0.195. The number of nitrogens with zero attached hydrogens (tertiary/aromatic N) is 3. The first kappa shape index (κ1) is 14.6. The smallest absolute Gasteiger partial charge is 0.190 e. The predicted molar refractivity (Wildman–Crippen MR) is 89.5 cm³/mol. The normalized spacial score (nSPS) is 20.7. The number of aryl methyl sites for hydroxylation is 1. The van der Waals surface area contributed by atoms with Crippen LogP contribution in [0.5, 0.6) is 0 Å². The molecule has 1 atom stereocenters. The molecular weight excluding hydrogens is 302 g/mol. The SMILES string of the molecule is Cn1ccsc1=NC(=Nc1ccccc1)C1COCCS1. The first-order valence-corrected chi connectivity index (χ1v) is 8.73. The summed E-state index contributed by atoms with van der Waals surface area (Å²) in [4.78, 5) is 10.5. The van der Waals surface area contributed by atoms with E-state index in [4.69, 9.17) is 14.7 Å². The molecule has 1 aromatic carbocycles. The van der Waals surface area contributed by atoms with Crippen molar-refractivity contribution in [2.75, 3.05) is 19.0 Å². The van der Waals surface area contributed by atoms with Crippen molar-refractivity contribution in [3.05, 3.63) is 46.7 Å². The van der Waals surface area contributed by atoms with Gasteiger partial charge in [-0.25, -0.2) is 9.98 Å². The van der Waals surface area contributed by atoms with Gasteiger partial charge in [-0.05, 0) is 12.1 Å². The Morgan fingerprint density at radius 2 is 2.19 bits per heavy atom. The summed E-state index contributed by atoms with van der Waals surface area (Å²) >= 11 is 3.48. The second-order valence-electron chi connectivity index (χ2n) is 4.65. The fraction of sp³-hybridized carbons (Fsp3) is 0.333. The zero-order valence-electron chi connectivity index (χ0n) is 11.8. The Morgan fingerprint density at radius 3 is 2.86 bits per heavy atom. The molecule has 110 valence electrons. The third-order valence-electron chi connectivity index (χ3n) is 3.07. The van der Waals surface area contributed by atoms with Gasteiger partial charge in [-0.2, -0.15) is 0 Å². The van der Waals surface area contributed by atoms with Gasteiger partial charge in [-0.3, -0.25) is 0 Å². The van der Waals surface area contributed by atoms with Gasteiger partial charge >= 0.3 is 0 Å². The van der Waals surface area contributed by atoms with Crippen LogP contribution in [0.3, 0.4) is 0 Å². The molecule has 6 heteroatoms. The molecule has 21 heavy (non-hydrogen) atoms. The summed E-state index contributed by atoms with van der Waals surface area (Å²) in [6.45, 7) is 1.49. The van der Waals surface area contributed by atoms with Crippen molar-refractivity contribution in [2.45, 2.75) is 5.25 Å². The monoisotopic (exact) mass is 319 g/mol. The molecule has 0 aliphatic carbocycles. The minimum Gasteiger partial charge on any atom is -0.379 e. The molecular formula is C15H17N3OS2. The highest BCUT2D eigenvalue weighted by atomic mass is 32.2. The van der Waals surface area contributed by atoms with Crippen LogP contribution in [-0.2, 0) is 11.8 Å². The van der Waals surface area contributed by atoms with Gasteiger partial charge in [-0.1, -0.05) is 18.2 Å². The molecule has 1 fully saturated rings. The summed E-state index contributed by atoms with van der Waals surface area (Å²) in [5, 5.41) is 2.23. The molecule has 0 amide bonds. The quantitative estimate of drug-likeness (QED) is 0.631. The third-order valence-corrected chi connectivity index (χ3v) is 5.07. The Bertz CT molecular complexity index is 669. The highest BCUT2D eigenvalue weighted by Gasteiger charge is 2.20. The largest absolute Gasteiger partial charge is 0.379 e. The summed E-state index contributed by atoms with van der Waals surface area (Å²) in [6.07, 6.45) is 2.01. The number of benzene rings is 1. The number of para-hydroxylation sites is 1. The van der Waals surface area contributed by atoms with Gasteiger partial charge in [0.2, 0.25) is 0 Å². The van der Waals surface area contributed by atoms with E-state index < -0.39 is 0 Å². The first-order valence-electron chi connectivity index (χ1n) is 6.81. The number of aromatic nitrogens is 1. The average molecular weight is 319 g/mol. The van der Waals surface area contributed by atoms with Crippen LogP contribution >= 0.6 is 23.1 Å². The number of thioether (sulfide) groups is 1. The molecule has 0 N–H and O–H groups in total. The van der Waals surface area contributed by atoms with Crippen molar-refractivity contribution in [1.29, 1.82) is 0 Å². The van der Waals surface area contributed by atoms with Crippen molar-refractivity contribution in [1.82, 2.24) is 4.57 Å². The molecule has 3 rings (SSSR count). The van der Waals surface area contributed by atoms with E-state index in [1.807, 2.05) is 65.3 Å². The van der Waals surface area contributed by atoms with Gasteiger partial charge in [0.25, 0.3) is 0 Å². The topological polar surface area (TPSA) is 38.9 Å². The Labute approximate surface area is 132 Å². The van der Waals surface area contributed by atoms with Gasteiger partial charge in [0.05, 0.1) is 24.2 Å². The predicted octanol–water partition coefficient (Wildman–Crippen LogP) is 2.85. The van der Waals surface area contributed by atoms with E-state index in [1.54, 1.807) is 11.3 Å². The lowest BCUT2D eigenvalue weighted by Crippen LogP contribution is -2.29. The molecule has 0 bridgehead atoms. The van der Waals surface area contributed by atoms with Gasteiger partial charge in [-0.15, -0.1) is 23.1 Å². The number of ether oxygens (including phenoxy) is 1. The van der Waals surface area contributed by atoms with E-state index in [-0.39, 0.29) is 5.25 Å². The van der Waals surface area contributed by atoms with Crippen molar-refractivity contribution in [3.63, 3.8) is 0 Å². The summed E-state index contributed by atoms with van der Waals surface area (Å²) in [7, 11) is 2.00. The molecule has 0 radical (unpaired) electrons. The van der Waals surface area contributed by atoms with Crippen LogP contribution in [0.1, 0.15) is 0 Å². The Hall–Kier alpha value is -1.37. The maximum atomic E-state index is 5.59. The zero-order valence-corrected chi connectivity index (χ0v) is 13.4. The lowest BCUT2D eigenvalue weighted by molar-refractivity contribution is 0.153. The number of hydrogen-bond acceptors (Lipinski definition) is 4. The van der Waals surface area contributed by atoms with E-state index in [9.17, 15) is 0 Å². The van der Waals surface area contributed by atoms with Crippen LogP contribution < -0.4 is 4.80 Å². The van der Waals surface area contributed by atoms with Crippen molar-refractivity contribution in [3.8, 4) is 0 Å². The molecule has 2 heterocycles. The first-order chi connectivity index (χ1) is 10.3. The molecule has 0 saturated carbocycles. The molecule has 1 aliphatic heterocycles. The standard InChI is InChI=1S/C15H17N3OS2/c1-18-7-9-21-15(18)17-14(13-11-19-8-10-20-13)16-12-5-3-2-4-6-12/h2-7,9,13H,8,10-11H2,1H3. The maximum Gasteiger partial charge on any atom is 0.190 e. The second-order valence-corrected chi connectivity index (χ2v) is 6.83. The van der Waals surface area contributed by atoms with Gasteiger partial charge in [0.1, 0.15) is 5.84 Å². The second kappa shape index (κ2) is 7.06. The molecule has 1 aliphatic rings. The van der Waals surface area contributed by atoms with Crippen LogP contribution in [0.2, 0.25) is 0 Å². The van der Waals surface area contributed by atoms with E-state index in [2.05, 4.69) is 0 Å². The molecule has 1 aromatic heterocycles. The molecule has 4 nitrogen and oxygen atoms in total. The van der Waals surface area contributed by atoms with E-state index in [0.717, 1.165) is 28.7 Å². The van der Waals surface area contributed by atoms with Crippen molar-refractivity contribution in [2.24, 2.45) is 17.0 Å². The number of amidine groups is 1. The summed E-state index contributed by atoms with van der Waals surface area (Å²) in [5.74, 6) is 1.83. The Kier molecular flexibility index (Phi) is 4.90. The molecule has 0 spiro atoms. The van der Waals surface area contributed by atoms with E-state index >= 15 is 0 Å². The minimum atomic E-state index is 0.195. The highest BCUT2D eigenvalue weighted by molar-refractivity contribution is 8.00. The van der Waals surface area contributed by atoms with Gasteiger partial charge < -0.3 is 9.30 Å².